The molecule has 0 bridgehead atoms. The number of benzene rings is 3. The number of amides is 2. The van der Waals surface area contributed by atoms with Crippen molar-refractivity contribution in [3.63, 3.8) is 0 Å². The first-order valence-corrected chi connectivity index (χ1v) is 17.3. The third-order valence-corrected chi connectivity index (χ3v) is 10.7. The van der Waals surface area contributed by atoms with E-state index in [9.17, 15) is 18.0 Å². The fourth-order valence-corrected chi connectivity index (χ4v) is 7.25. The van der Waals surface area contributed by atoms with Crippen LogP contribution in [0.25, 0.3) is 0 Å². The lowest BCUT2D eigenvalue weighted by molar-refractivity contribution is -0.140. The van der Waals surface area contributed by atoms with Gasteiger partial charge in [0.25, 0.3) is 10.0 Å². The molecule has 1 fully saturated rings. The Morgan fingerprint density at radius 1 is 0.932 bits per heavy atom. The normalized spacial score (nSPS) is 14.4. The number of carbonyl (C=O) groups is 2. The molecule has 0 spiro atoms. The van der Waals surface area contributed by atoms with Gasteiger partial charge in [-0.05, 0) is 79.6 Å². The molecule has 1 atom stereocenters. The zero-order valence-corrected chi connectivity index (χ0v) is 28.1. The van der Waals surface area contributed by atoms with E-state index in [1.54, 1.807) is 54.6 Å². The van der Waals surface area contributed by atoms with Crippen LogP contribution in [0.4, 0.5) is 5.69 Å². The van der Waals surface area contributed by atoms with Crippen molar-refractivity contribution in [3.8, 4) is 0 Å². The molecule has 0 saturated heterocycles. The van der Waals surface area contributed by atoms with E-state index in [2.05, 4.69) is 19.2 Å². The van der Waals surface area contributed by atoms with Gasteiger partial charge in [-0.3, -0.25) is 13.9 Å². The van der Waals surface area contributed by atoms with Gasteiger partial charge in [-0.1, -0.05) is 92.7 Å². The van der Waals surface area contributed by atoms with E-state index in [1.807, 2.05) is 26.0 Å². The van der Waals surface area contributed by atoms with Gasteiger partial charge in [-0.2, -0.15) is 0 Å². The molecule has 10 heteroatoms. The molecule has 0 aliphatic heterocycles. The molecule has 1 saturated carbocycles. The smallest absolute Gasteiger partial charge is 0.264 e. The van der Waals surface area contributed by atoms with Gasteiger partial charge in [0, 0.05) is 12.6 Å². The van der Waals surface area contributed by atoms with Crippen LogP contribution in [0.1, 0.15) is 75.5 Å². The van der Waals surface area contributed by atoms with Gasteiger partial charge in [0.05, 0.1) is 20.6 Å². The molecule has 1 aliphatic rings. The topological polar surface area (TPSA) is 86.8 Å². The third-order valence-electron chi connectivity index (χ3n) is 8.16. The van der Waals surface area contributed by atoms with Crippen LogP contribution in [-0.4, -0.2) is 43.8 Å². The molecular formula is C34H41Cl2N3O4S. The Morgan fingerprint density at radius 3 is 2.14 bits per heavy atom. The molecule has 3 aromatic carbocycles. The van der Waals surface area contributed by atoms with Crippen LogP contribution in [0.2, 0.25) is 10.0 Å². The van der Waals surface area contributed by atoms with Crippen LogP contribution in [0.15, 0.2) is 71.6 Å². The number of nitrogens with zero attached hydrogens (tertiary/aromatic N) is 2. The summed E-state index contributed by atoms with van der Waals surface area (Å²) in [6.45, 7) is 7.40. The van der Waals surface area contributed by atoms with Gasteiger partial charge in [-0.15, -0.1) is 0 Å². The summed E-state index contributed by atoms with van der Waals surface area (Å²) in [6.07, 6.45) is 4.25. The van der Waals surface area contributed by atoms with Crippen molar-refractivity contribution < 1.29 is 18.0 Å². The second kappa shape index (κ2) is 14.8. The number of nitrogens with one attached hydrogen (secondary N) is 1. The van der Waals surface area contributed by atoms with Crippen molar-refractivity contribution >= 4 is 50.7 Å². The first kappa shape index (κ1) is 33.8. The summed E-state index contributed by atoms with van der Waals surface area (Å²) in [5.74, 6) is -0.506. The molecule has 0 unspecified atom stereocenters. The van der Waals surface area contributed by atoms with Crippen LogP contribution < -0.4 is 9.62 Å². The van der Waals surface area contributed by atoms with E-state index in [0.717, 1.165) is 41.1 Å². The van der Waals surface area contributed by atoms with Crippen LogP contribution in [0, 0.1) is 6.92 Å². The maximum atomic E-state index is 14.3. The molecule has 2 amide bonds. The van der Waals surface area contributed by atoms with Crippen LogP contribution >= 0.6 is 23.2 Å². The second-order valence-electron chi connectivity index (χ2n) is 11.8. The molecule has 0 aromatic heterocycles. The first-order valence-electron chi connectivity index (χ1n) is 15.1. The van der Waals surface area contributed by atoms with Gasteiger partial charge in [0.2, 0.25) is 11.8 Å². The van der Waals surface area contributed by atoms with E-state index in [0.29, 0.717) is 27.7 Å². The average molecular weight is 659 g/mol. The highest BCUT2D eigenvalue weighted by molar-refractivity contribution is 7.92. The highest BCUT2D eigenvalue weighted by atomic mass is 35.5. The summed E-state index contributed by atoms with van der Waals surface area (Å²) < 4.78 is 29.3. The Bertz CT molecular complexity index is 1550. The Hall–Kier alpha value is -3.07. The lowest BCUT2D eigenvalue weighted by Crippen LogP contribution is -2.53. The van der Waals surface area contributed by atoms with Crippen molar-refractivity contribution in [2.75, 3.05) is 10.8 Å². The number of hydrogen-bond acceptors (Lipinski definition) is 4. The SMILES string of the molecule is CC[C@@H](C(=O)NC1CCCC1)N(Cc1ccc(Cl)c(Cl)c1)C(=O)CN(c1ccc(C(C)C)cc1)S(=O)(=O)c1ccc(C)cc1. The summed E-state index contributed by atoms with van der Waals surface area (Å²) in [5.41, 5.74) is 3.00. The number of carbonyl (C=O) groups excluding carboxylic acids is 2. The maximum absolute atomic E-state index is 14.3. The predicted molar refractivity (Wildman–Crippen MR) is 178 cm³/mol. The maximum Gasteiger partial charge on any atom is 0.264 e. The first-order chi connectivity index (χ1) is 20.9. The minimum atomic E-state index is -4.14. The Balaban J connectivity index is 1.73. The lowest BCUT2D eigenvalue weighted by atomic mass is 10.0. The highest BCUT2D eigenvalue weighted by Gasteiger charge is 2.34. The monoisotopic (exact) mass is 657 g/mol. The molecule has 1 aliphatic carbocycles. The predicted octanol–water partition coefficient (Wildman–Crippen LogP) is 7.49. The molecule has 3 aromatic rings. The quantitative estimate of drug-likeness (QED) is 0.219. The van der Waals surface area contributed by atoms with Crippen molar-refractivity contribution in [1.29, 1.82) is 0 Å². The fraction of sp³-hybridized carbons (Fsp3) is 0.412. The van der Waals surface area contributed by atoms with E-state index < -0.39 is 28.5 Å². The second-order valence-corrected chi connectivity index (χ2v) is 14.4. The van der Waals surface area contributed by atoms with Crippen LogP contribution in [-0.2, 0) is 26.2 Å². The van der Waals surface area contributed by atoms with E-state index in [4.69, 9.17) is 23.2 Å². The number of hydrogen-bond donors (Lipinski definition) is 1. The van der Waals surface area contributed by atoms with Crippen LogP contribution in [0.3, 0.4) is 0 Å². The van der Waals surface area contributed by atoms with Crippen molar-refractivity contribution in [2.45, 2.75) is 89.2 Å². The van der Waals surface area contributed by atoms with Gasteiger partial charge in [-0.25, -0.2) is 8.42 Å². The standard InChI is InChI=1S/C34H41Cl2N3O4S/c1-5-32(34(41)37-27-8-6-7-9-27)38(21-25-12-19-30(35)31(36)20-25)33(40)22-39(28-15-13-26(14-16-28)23(2)3)44(42,43)29-17-10-24(4)11-18-29/h10-20,23,27,32H,5-9,21-22H2,1-4H3,(H,37,41)/t32-/m0/s1. The summed E-state index contributed by atoms with van der Waals surface area (Å²) in [5, 5.41) is 3.82. The summed E-state index contributed by atoms with van der Waals surface area (Å²) in [4.78, 5) is 29.5. The molecule has 0 heterocycles. The summed E-state index contributed by atoms with van der Waals surface area (Å²) in [7, 11) is -4.14. The minimum Gasteiger partial charge on any atom is -0.352 e. The number of aryl methyl sites for hydroxylation is 1. The Kier molecular flexibility index (Phi) is 11.4. The van der Waals surface area contributed by atoms with Crippen LogP contribution in [0.5, 0.6) is 0 Å². The molecule has 4 rings (SSSR count). The molecule has 7 nitrogen and oxygen atoms in total. The summed E-state index contributed by atoms with van der Waals surface area (Å²) >= 11 is 12.5. The fourth-order valence-electron chi connectivity index (χ4n) is 5.51. The van der Waals surface area contributed by atoms with Crippen molar-refractivity contribution in [1.82, 2.24) is 10.2 Å². The summed E-state index contributed by atoms with van der Waals surface area (Å²) in [6, 6.07) is 18.1. The zero-order valence-electron chi connectivity index (χ0n) is 25.7. The Morgan fingerprint density at radius 2 is 1.57 bits per heavy atom. The van der Waals surface area contributed by atoms with Crippen molar-refractivity contribution in [2.24, 2.45) is 0 Å². The highest BCUT2D eigenvalue weighted by Crippen LogP contribution is 2.28. The van der Waals surface area contributed by atoms with Gasteiger partial charge in [0.1, 0.15) is 12.6 Å². The number of halogens is 2. The Labute approximate surface area is 271 Å². The lowest BCUT2D eigenvalue weighted by Gasteiger charge is -2.34. The molecule has 236 valence electrons. The number of sulfonamides is 1. The third kappa shape index (κ3) is 8.14. The minimum absolute atomic E-state index is 0.0526. The number of anilines is 1. The number of rotatable bonds is 12. The van der Waals surface area contributed by atoms with Gasteiger partial charge < -0.3 is 10.2 Å². The molecular weight excluding hydrogens is 617 g/mol. The van der Waals surface area contributed by atoms with Crippen molar-refractivity contribution in [3.05, 3.63) is 93.5 Å². The zero-order chi connectivity index (χ0) is 32.0. The molecule has 0 radical (unpaired) electrons. The largest absolute Gasteiger partial charge is 0.352 e. The molecule has 1 N–H and O–H groups in total. The van der Waals surface area contributed by atoms with E-state index in [1.165, 1.54) is 4.90 Å². The van der Waals surface area contributed by atoms with E-state index in [-0.39, 0.29) is 29.3 Å². The van der Waals surface area contributed by atoms with Gasteiger partial charge >= 0.3 is 0 Å². The average Bonchev–Trinajstić information content (AvgIpc) is 3.50. The van der Waals surface area contributed by atoms with Gasteiger partial charge in [0.15, 0.2) is 0 Å². The molecule has 44 heavy (non-hydrogen) atoms. The van der Waals surface area contributed by atoms with E-state index >= 15 is 0 Å².